The molecule has 0 aromatic heterocycles. The molecular formula is C9H16N2S. The van der Waals surface area contributed by atoms with Gasteiger partial charge in [-0.1, -0.05) is 6.08 Å². The summed E-state index contributed by atoms with van der Waals surface area (Å²) in [4.78, 5) is 2.02. The van der Waals surface area contributed by atoms with E-state index in [1.165, 1.54) is 25.0 Å². The molecule has 1 aliphatic carbocycles. The lowest BCUT2D eigenvalue weighted by molar-refractivity contribution is 0.488. The van der Waals surface area contributed by atoms with Gasteiger partial charge in [0, 0.05) is 12.2 Å². The predicted molar refractivity (Wildman–Crippen MR) is 55.7 cm³/mol. The third-order valence-electron chi connectivity index (χ3n) is 2.20. The Morgan fingerprint density at radius 3 is 2.83 bits per heavy atom. The second-order valence-electron chi connectivity index (χ2n) is 3.02. The molecule has 0 atom stereocenters. The average Bonchev–Trinajstić information content (AvgIpc) is 2.07. The standard InChI is InChI=1S/C9H16N2S/c1-2-11(9(10)12)8-6-4-3-5-7-8/h6H,2-5,7H2,1H3,(H2,10,12). The summed E-state index contributed by atoms with van der Waals surface area (Å²) < 4.78 is 0. The van der Waals surface area contributed by atoms with Crippen molar-refractivity contribution >= 4 is 17.3 Å². The van der Waals surface area contributed by atoms with Crippen molar-refractivity contribution in [3.63, 3.8) is 0 Å². The van der Waals surface area contributed by atoms with Crippen LogP contribution in [0.2, 0.25) is 0 Å². The number of thiocarbonyl (C=S) groups is 1. The molecule has 12 heavy (non-hydrogen) atoms. The molecule has 0 spiro atoms. The molecule has 2 N–H and O–H groups in total. The van der Waals surface area contributed by atoms with Gasteiger partial charge in [0.15, 0.2) is 5.11 Å². The summed E-state index contributed by atoms with van der Waals surface area (Å²) in [6.07, 6.45) is 7.13. The highest BCUT2D eigenvalue weighted by molar-refractivity contribution is 7.80. The number of nitrogens with zero attached hydrogens (tertiary/aromatic N) is 1. The van der Waals surface area contributed by atoms with Gasteiger partial charge in [-0.2, -0.15) is 0 Å². The monoisotopic (exact) mass is 184 g/mol. The van der Waals surface area contributed by atoms with E-state index >= 15 is 0 Å². The van der Waals surface area contributed by atoms with Crippen LogP contribution in [0.25, 0.3) is 0 Å². The number of hydrogen-bond donors (Lipinski definition) is 1. The summed E-state index contributed by atoms with van der Waals surface area (Å²) in [6.45, 7) is 2.97. The number of nitrogens with two attached hydrogens (primary N) is 1. The van der Waals surface area contributed by atoms with Crippen LogP contribution in [0, 0.1) is 0 Å². The first kappa shape index (κ1) is 9.52. The van der Waals surface area contributed by atoms with Gasteiger partial charge in [-0.15, -0.1) is 0 Å². The maximum absolute atomic E-state index is 5.59. The smallest absolute Gasteiger partial charge is 0.170 e. The summed E-state index contributed by atoms with van der Waals surface area (Å²) >= 11 is 4.96. The van der Waals surface area contributed by atoms with E-state index in [1.807, 2.05) is 4.90 Å². The summed E-state index contributed by atoms with van der Waals surface area (Å²) in [7, 11) is 0. The summed E-state index contributed by atoms with van der Waals surface area (Å²) in [5.74, 6) is 0. The molecular weight excluding hydrogens is 168 g/mol. The van der Waals surface area contributed by atoms with E-state index in [-0.39, 0.29) is 0 Å². The molecule has 0 aliphatic heterocycles. The van der Waals surface area contributed by atoms with Crippen molar-refractivity contribution in [2.45, 2.75) is 32.6 Å². The second kappa shape index (κ2) is 4.45. The number of allylic oxidation sites excluding steroid dienone is 2. The molecule has 0 fully saturated rings. The highest BCUT2D eigenvalue weighted by Crippen LogP contribution is 2.20. The quantitative estimate of drug-likeness (QED) is 0.666. The van der Waals surface area contributed by atoms with Crippen molar-refractivity contribution in [3.05, 3.63) is 11.8 Å². The molecule has 0 saturated heterocycles. The highest BCUT2D eigenvalue weighted by atomic mass is 32.1. The van der Waals surface area contributed by atoms with Gasteiger partial charge in [-0.25, -0.2) is 0 Å². The third-order valence-corrected chi connectivity index (χ3v) is 2.42. The minimum absolute atomic E-state index is 0.505. The Kier molecular flexibility index (Phi) is 3.53. The molecule has 0 aromatic carbocycles. The summed E-state index contributed by atoms with van der Waals surface area (Å²) in [5, 5.41) is 0.505. The van der Waals surface area contributed by atoms with Crippen molar-refractivity contribution < 1.29 is 0 Å². The fraction of sp³-hybridized carbons (Fsp3) is 0.667. The van der Waals surface area contributed by atoms with E-state index in [1.54, 1.807) is 0 Å². The van der Waals surface area contributed by atoms with Crippen LogP contribution in [-0.4, -0.2) is 16.6 Å². The van der Waals surface area contributed by atoms with Crippen LogP contribution in [0.15, 0.2) is 11.8 Å². The SMILES string of the molecule is CCN(C(N)=S)C1=CCCCC1. The van der Waals surface area contributed by atoms with Gasteiger partial charge < -0.3 is 10.6 Å². The van der Waals surface area contributed by atoms with Gasteiger partial charge in [0.1, 0.15) is 0 Å². The molecule has 0 aromatic rings. The first-order chi connectivity index (χ1) is 5.75. The number of hydrogen-bond acceptors (Lipinski definition) is 1. The van der Waals surface area contributed by atoms with Crippen molar-refractivity contribution in [3.8, 4) is 0 Å². The van der Waals surface area contributed by atoms with Crippen LogP contribution < -0.4 is 5.73 Å². The Bertz CT molecular complexity index is 199. The Hall–Kier alpha value is -0.570. The molecule has 1 aliphatic rings. The van der Waals surface area contributed by atoms with Crippen LogP contribution in [0.3, 0.4) is 0 Å². The van der Waals surface area contributed by atoms with E-state index in [0.717, 1.165) is 13.0 Å². The zero-order valence-electron chi connectivity index (χ0n) is 7.55. The van der Waals surface area contributed by atoms with E-state index in [4.69, 9.17) is 18.0 Å². The Morgan fingerprint density at radius 1 is 1.67 bits per heavy atom. The summed E-state index contributed by atoms with van der Waals surface area (Å²) in [6, 6.07) is 0. The third kappa shape index (κ3) is 2.21. The maximum atomic E-state index is 5.59. The molecule has 68 valence electrons. The Balaban J connectivity index is 2.64. The van der Waals surface area contributed by atoms with Crippen LogP contribution in [-0.2, 0) is 0 Å². The molecule has 1 rings (SSSR count). The molecule has 0 amide bonds. The van der Waals surface area contributed by atoms with Gasteiger partial charge in [0.05, 0.1) is 0 Å². The van der Waals surface area contributed by atoms with Crippen LogP contribution in [0.5, 0.6) is 0 Å². The van der Waals surface area contributed by atoms with E-state index in [0.29, 0.717) is 5.11 Å². The van der Waals surface area contributed by atoms with Crippen molar-refractivity contribution in [2.24, 2.45) is 5.73 Å². The maximum Gasteiger partial charge on any atom is 0.170 e. The molecule has 0 saturated carbocycles. The Morgan fingerprint density at radius 2 is 2.42 bits per heavy atom. The highest BCUT2D eigenvalue weighted by Gasteiger charge is 2.11. The van der Waals surface area contributed by atoms with Gasteiger partial charge in [-0.3, -0.25) is 0 Å². The molecule has 2 nitrogen and oxygen atoms in total. The van der Waals surface area contributed by atoms with E-state index in [9.17, 15) is 0 Å². The lowest BCUT2D eigenvalue weighted by atomic mass is 10.0. The Labute approximate surface area is 79.4 Å². The first-order valence-corrected chi connectivity index (χ1v) is 4.92. The van der Waals surface area contributed by atoms with Crippen LogP contribution in [0.4, 0.5) is 0 Å². The minimum atomic E-state index is 0.505. The average molecular weight is 184 g/mol. The van der Waals surface area contributed by atoms with E-state index < -0.39 is 0 Å². The second-order valence-corrected chi connectivity index (χ2v) is 3.44. The molecule has 0 unspecified atom stereocenters. The topological polar surface area (TPSA) is 29.3 Å². The fourth-order valence-electron chi connectivity index (χ4n) is 1.57. The lowest BCUT2D eigenvalue weighted by Gasteiger charge is -2.26. The van der Waals surface area contributed by atoms with Crippen LogP contribution >= 0.6 is 12.2 Å². The normalized spacial score (nSPS) is 16.9. The minimum Gasteiger partial charge on any atom is -0.376 e. The molecule has 3 heteroatoms. The predicted octanol–water partition coefficient (Wildman–Crippen LogP) is 2.01. The molecule has 0 radical (unpaired) electrons. The van der Waals surface area contributed by atoms with Crippen molar-refractivity contribution in [1.29, 1.82) is 0 Å². The molecule has 0 heterocycles. The zero-order valence-corrected chi connectivity index (χ0v) is 8.36. The summed E-state index contributed by atoms with van der Waals surface area (Å²) in [5.41, 5.74) is 6.91. The fourth-order valence-corrected chi connectivity index (χ4v) is 1.81. The van der Waals surface area contributed by atoms with Gasteiger partial charge in [0.2, 0.25) is 0 Å². The van der Waals surface area contributed by atoms with Crippen molar-refractivity contribution in [1.82, 2.24) is 4.90 Å². The van der Waals surface area contributed by atoms with Gasteiger partial charge in [0.25, 0.3) is 0 Å². The zero-order chi connectivity index (χ0) is 8.97. The largest absolute Gasteiger partial charge is 0.376 e. The number of rotatable bonds is 2. The van der Waals surface area contributed by atoms with Crippen molar-refractivity contribution in [2.75, 3.05) is 6.54 Å². The first-order valence-electron chi connectivity index (χ1n) is 4.51. The van der Waals surface area contributed by atoms with Crippen LogP contribution in [0.1, 0.15) is 32.6 Å². The lowest BCUT2D eigenvalue weighted by Crippen LogP contribution is -2.35. The van der Waals surface area contributed by atoms with E-state index in [2.05, 4.69) is 13.0 Å². The molecule has 0 bridgehead atoms. The van der Waals surface area contributed by atoms with Gasteiger partial charge >= 0.3 is 0 Å². The van der Waals surface area contributed by atoms with Gasteiger partial charge in [-0.05, 0) is 44.8 Å².